The van der Waals surface area contributed by atoms with Crippen LogP contribution >= 0.6 is 34.8 Å². The van der Waals surface area contributed by atoms with E-state index in [0.717, 1.165) is 45.6 Å². The summed E-state index contributed by atoms with van der Waals surface area (Å²) in [4.78, 5) is 93.6. The van der Waals surface area contributed by atoms with Crippen LogP contribution in [0.2, 0.25) is 15.5 Å². The molecule has 0 aliphatic heterocycles. The van der Waals surface area contributed by atoms with Crippen LogP contribution in [0.1, 0.15) is 53.4 Å². The molecule has 0 bridgehead atoms. The summed E-state index contributed by atoms with van der Waals surface area (Å²) in [5, 5.41) is 53.2. The number of amides is 3. The molecule has 4 aromatic heterocycles. The van der Waals surface area contributed by atoms with E-state index in [-0.39, 0.29) is 90.1 Å². The fourth-order valence-electron chi connectivity index (χ4n) is 5.87. The maximum atomic E-state index is 11.7. The van der Waals surface area contributed by atoms with Gasteiger partial charge in [0.05, 0.1) is 14.8 Å². The number of nitrogens with one attached hydrogen (secondary N) is 2. The molecule has 0 atom stereocenters. The summed E-state index contributed by atoms with van der Waals surface area (Å²) < 4.78 is 16.4. The number of hydrogen-bond donors (Lipinski definition) is 6. The summed E-state index contributed by atoms with van der Waals surface area (Å²) in [5.41, 5.74) is 11.1. The molecule has 29 nitrogen and oxygen atoms in total. The van der Waals surface area contributed by atoms with Crippen molar-refractivity contribution in [2.45, 2.75) is 53.4 Å². The molecule has 0 unspecified atom stereocenters. The van der Waals surface area contributed by atoms with Gasteiger partial charge in [0.2, 0.25) is 35.4 Å². The monoisotopic (exact) mass is 1260 g/mol. The first kappa shape index (κ1) is 70.9. The number of nitrogen functional groups attached to an aromatic ring is 1. The quantitative estimate of drug-likeness (QED) is 0.0255. The van der Waals surface area contributed by atoms with Crippen molar-refractivity contribution in [3.63, 3.8) is 0 Å². The number of aliphatic hydroxyl groups is 1. The van der Waals surface area contributed by atoms with Gasteiger partial charge in [-0.3, -0.25) is 44.7 Å². The van der Waals surface area contributed by atoms with Gasteiger partial charge in [-0.1, -0.05) is 49.7 Å². The maximum absolute atomic E-state index is 11.7. The van der Waals surface area contributed by atoms with Crippen LogP contribution in [0.5, 0.6) is 40.6 Å². The Morgan fingerprint density at radius 1 is 0.483 bits per heavy atom. The lowest BCUT2D eigenvalue weighted by atomic mass is 10.3. The minimum atomic E-state index is -0.514. The van der Waals surface area contributed by atoms with Gasteiger partial charge < -0.3 is 46.5 Å². The van der Waals surface area contributed by atoms with Crippen LogP contribution in [0, 0.1) is 48.1 Å². The van der Waals surface area contributed by atoms with E-state index in [1.165, 1.54) is 116 Å². The van der Waals surface area contributed by atoms with Crippen molar-refractivity contribution >= 4 is 86.9 Å². The topological polar surface area (TPSA) is 428 Å². The lowest BCUT2D eigenvalue weighted by Crippen LogP contribution is -2.14. The number of aromatic nitrogens is 8. The number of anilines is 3. The third-order valence-electron chi connectivity index (χ3n) is 10.6. The Balaban J connectivity index is 0.000000283. The van der Waals surface area contributed by atoms with Crippen LogP contribution in [0.25, 0.3) is 0 Å². The number of nitrogens with zero attached hydrogens (tertiary/aromatic N) is 11. The standard InChI is InChI=1S/C14H12N4O4.C14H14N4O2.C10H6ClN3O3.C6H5NO3.C4H2Cl2N2.C4H7NO.CH4O.2CH4/c19-14(9-1-2-9)17-12-7-13(16-8-15-12)22-11-5-3-10(4-6-11)18(20)21;15-10-3-5-11(6-4-10)20-13-7-12(16-8-17-13)18-14(19)9-1-2-9;11-9-5-10(13-6-12-9)17-8-3-1-7(2-4-8)14(15)16;8-6-3-1-5(2-4-6)7(9)10;5-3-1-4(6)8-2-7-3;5-4(6)3-1-2-3;1-2;;/h3-9H,1-2H2,(H,15,16,17,19);3-9H,1-2,15H2,(H,16,17,18,19);1-6H;1-4,8H;1-2H;3H,1-2H2,(H2,5,6);2H,1H3;2*1H4. The summed E-state index contributed by atoms with van der Waals surface area (Å²) in [7, 11) is 1.00. The predicted molar refractivity (Wildman–Crippen MR) is 321 cm³/mol. The van der Waals surface area contributed by atoms with Gasteiger partial charge in [-0.15, -0.1) is 0 Å². The highest BCUT2D eigenvalue weighted by molar-refractivity contribution is 6.33. The summed E-state index contributed by atoms with van der Waals surface area (Å²) in [6.45, 7) is 0. The lowest BCUT2D eigenvalue weighted by molar-refractivity contribution is -0.385. The van der Waals surface area contributed by atoms with Crippen LogP contribution in [-0.2, 0) is 14.4 Å². The molecule has 4 heterocycles. The van der Waals surface area contributed by atoms with E-state index in [2.05, 4.69) is 50.5 Å². The van der Waals surface area contributed by atoms with Crippen LogP contribution in [0.15, 0.2) is 147 Å². The Labute approximate surface area is 511 Å². The average molecular weight is 1260 g/mol. The first-order chi connectivity index (χ1) is 40.8. The second-order valence-corrected chi connectivity index (χ2v) is 18.3. The van der Waals surface area contributed by atoms with E-state index >= 15 is 0 Å². The summed E-state index contributed by atoms with van der Waals surface area (Å²) >= 11 is 16.5. The Kier molecular flexibility index (Phi) is 29.6. The lowest BCUT2D eigenvalue weighted by Gasteiger charge is -2.07. The van der Waals surface area contributed by atoms with E-state index in [0.29, 0.717) is 50.8 Å². The zero-order chi connectivity index (χ0) is 61.8. The summed E-state index contributed by atoms with van der Waals surface area (Å²) in [5.74, 6) is 3.47. The van der Waals surface area contributed by atoms with Crippen molar-refractivity contribution in [2.75, 3.05) is 23.5 Å². The molecule has 87 heavy (non-hydrogen) atoms. The highest BCUT2D eigenvalue weighted by Gasteiger charge is 2.31. The number of aliphatic hydroxyl groups excluding tert-OH is 1. The Bertz CT molecular complexity index is 3480. The number of phenolic OH excluding ortho intramolecular Hbond substituents is 1. The van der Waals surface area contributed by atoms with Crippen molar-refractivity contribution in [1.29, 1.82) is 0 Å². The highest BCUT2D eigenvalue weighted by atomic mass is 35.5. The Hall–Kier alpha value is -10.4. The second kappa shape index (κ2) is 36.4. The molecule has 458 valence electrons. The van der Waals surface area contributed by atoms with Crippen LogP contribution in [-0.4, -0.2) is 89.7 Å². The van der Waals surface area contributed by atoms with Gasteiger partial charge in [-0.25, -0.2) is 39.9 Å². The fraction of sp³-hybridized carbons (Fsp3) is 0.218. The Morgan fingerprint density at radius 2 is 0.782 bits per heavy atom. The SMILES string of the molecule is C.C.CO.Clc1cc(Cl)ncn1.NC(=O)C1CC1.Nc1ccc(Oc2cc(NC(=O)C3CC3)ncn2)cc1.O=C(Nc1cc(Oc2ccc([N+](=O)[O-])cc2)ncn1)C1CC1.O=[N+]([O-])c1ccc(O)cc1.O=[N+]([O-])c1ccc(Oc2cc(Cl)ncn2)cc1. The molecule has 8 N–H and O–H groups in total. The van der Waals surface area contributed by atoms with E-state index in [1.807, 2.05) is 0 Å². The van der Waals surface area contributed by atoms with Crippen LogP contribution < -0.4 is 36.3 Å². The number of nitro benzene ring substituents is 3. The van der Waals surface area contributed by atoms with Crippen molar-refractivity contribution in [2.24, 2.45) is 23.5 Å². The molecular formula is C55H58Cl3N15O14. The Morgan fingerprint density at radius 3 is 1.07 bits per heavy atom. The van der Waals surface area contributed by atoms with E-state index in [4.69, 9.17) is 70.7 Å². The molecule has 8 aromatic rings. The third-order valence-corrected chi connectivity index (χ3v) is 11.2. The molecule has 3 aliphatic carbocycles. The number of halogens is 3. The molecule has 0 radical (unpaired) electrons. The number of benzene rings is 4. The van der Waals surface area contributed by atoms with Gasteiger partial charge in [0.15, 0.2) is 0 Å². The maximum Gasteiger partial charge on any atom is 0.269 e. The van der Waals surface area contributed by atoms with Gasteiger partial charge >= 0.3 is 0 Å². The van der Waals surface area contributed by atoms with E-state index in [1.54, 1.807) is 30.3 Å². The molecule has 0 saturated heterocycles. The molecule has 3 amide bonds. The predicted octanol–water partition coefficient (Wildman–Crippen LogP) is 11.4. The molecule has 3 aliphatic rings. The smallest absolute Gasteiger partial charge is 0.269 e. The number of rotatable bonds is 14. The number of non-ortho nitro benzene ring substituents is 3. The van der Waals surface area contributed by atoms with Crippen LogP contribution in [0.3, 0.4) is 0 Å². The minimum absolute atomic E-state index is 0. The second-order valence-electron chi connectivity index (χ2n) is 17.2. The molecular weight excluding hydrogens is 1200 g/mol. The molecule has 11 rings (SSSR count). The van der Waals surface area contributed by atoms with Gasteiger partial charge in [0, 0.05) is 91.2 Å². The number of carbonyl (C=O) groups is 3. The first-order valence-corrected chi connectivity index (χ1v) is 25.8. The van der Waals surface area contributed by atoms with Gasteiger partial charge in [0.25, 0.3) is 17.1 Å². The molecule has 3 fully saturated rings. The number of carbonyl (C=O) groups excluding carboxylic acids is 3. The van der Waals surface area contributed by atoms with Gasteiger partial charge in [-0.05, 0) is 99.2 Å². The number of nitrogens with two attached hydrogens (primary N) is 2. The molecule has 0 spiro atoms. The zero-order valence-electron chi connectivity index (χ0n) is 44.3. The molecule has 32 heteroatoms. The van der Waals surface area contributed by atoms with Crippen molar-refractivity contribution < 1.29 is 53.6 Å². The summed E-state index contributed by atoms with van der Waals surface area (Å²) in [6.07, 6.45) is 11.0. The number of nitro groups is 3. The van der Waals surface area contributed by atoms with Gasteiger partial charge in [-0.2, -0.15) is 0 Å². The van der Waals surface area contributed by atoms with Crippen molar-refractivity contribution in [3.8, 4) is 40.6 Å². The van der Waals surface area contributed by atoms with Crippen molar-refractivity contribution in [1.82, 2.24) is 39.9 Å². The largest absolute Gasteiger partial charge is 0.508 e. The van der Waals surface area contributed by atoms with Gasteiger partial charge in [0.1, 0.15) is 75.4 Å². The molecule has 3 saturated carbocycles. The number of primary amides is 1. The number of ether oxygens (including phenoxy) is 3. The van der Waals surface area contributed by atoms with E-state index in [9.17, 15) is 44.7 Å². The number of phenols is 1. The van der Waals surface area contributed by atoms with Crippen LogP contribution in [0.4, 0.5) is 34.4 Å². The van der Waals surface area contributed by atoms with E-state index < -0.39 is 14.8 Å². The average Bonchev–Trinajstić information content (AvgIpc) is 4.46. The van der Waals surface area contributed by atoms with Crippen molar-refractivity contribution in [3.05, 3.63) is 192 Å². The number of aromatic hydroxyl groups is 1. The molecule has 4 aromatic carbocycles. The first-order valence-electron chi connectivity index (χ1n) is 24.7. The number of hydrogen-bond acceptors (Lipinski definition) is 23. The third kappa shape index (κ3) is 27.3. The highest BCUT2D eigenvalue weighted by Crippen LogP contribution is 2.32. The minimum Gasteiger partial charge on any atom is -0.508 e. The normalized spacial score (nSPS) is 11.9. The fourth-order valence-corrected chi connectivity index (χ4v) is 6.36. The summed E-state index contributed by atoms with van der Waals surface area (Å²) in [6, 6.07) is 29.3. The zero-order valence-corrected chi connectivity index (χ0v) is 46.6.